The molecule has 1 fully saturated rings. The van der Waals surface area contributed by atoms with Crippen LogP contribution in [0.3, 0.4) is 0 Å². The number of carbonyl (C=O) groups excluding carboxylic acids is 1. The first-order valence-electron chi connectivity index (χ1n) is 9.81. The molecule has 3 aromatic heterocycles. The molecule has 1 aliphatic heterocycles. The van der Waals surface area contributed by atoms with Crippen LogP contribution in [0.25, 0.3) is 10.2 Å². The Balaban J connectivity index is 1.60. The number of hydrogen-bond donors (Lipinski definition) is 1. The third-order valence-electron chi connectivity index (χ3n) is 5.75. The van der Waals surface area contributed by atoms with Crippen molar-refractivity contribution in [1.82, 2.24) is 19.7 Å². The summed E-state index contributed by atoms with van der Waals surface area (Å²) in [5.74, 6) is -0.0393. The van der Waals surface area contributed by atoms with Gasteiger partial charge in [0.25, 0.3) is 5.91 Å². The standard InChI is InChI=1S/C21H27N5OS/c1-12(2)26-14(4)17(13(3)24-26)11-25-9-7-15(10-25)18-16-6-5-8-23-21(16)28-19(18)20(22)27/h5-6,8,12,15H,7,9-11H2,1-4H3,(H2,22,27). The van der Waals surface area contributed by atoms with Crippen LogP contribution in [-0.4, -0.2) is 38.7 Å². The highest BCUT2D eigenvalue weighted by atomic mass is 32.1. The smallest absolute Gasteiger partial charge is 0.259 e. The van der Waals surface area contributed by atoms with Crippen LogP contribution in [0.5, 0.6) is 0 Å². The minimum absolute atomic E-state index is 0.307. The lowest BCUT2D eigenvalue weighted by atomic mass is 9.95. The number of thiophene rings is 1. The number of pyridine rings is 1. The van der Waals surface area contributed by atoms with Crippen LogP contribution in [0, 0.1) is 13.8 Å². The van der Waals surface area contributed by atoms with Gasteiger partial charge in [-0.3, -0.25) is 14.4 Å². The molecule has 0 aromatic carbocycles. The highest BCUT2D eigenvalue weighted by Crippen LogP contribution is 2.39. The van der Waals surface area contributed by atoms with Gasteiger partial charge in [-0.25, -0.2) is 4.98 Å². The van der Waals surface area contributed by atoms with Crippen LogP contribution in [0.15, 0.2) is 18.3 Å². The molecule has 0 radical (unpaired) electrons. The highest BCUT2D eigenvalue weighted by Gasteiger charge is 2.31. The summed E-state index contributed by atoms with van der Waals surface area (Å²) in [6.45, 7) is 11.4. The van der Waals surface area contributed by atoms with Crippen molar-refractivity contribution in [2.75, 3.05) is 13.1 Å². The molecule has 0 saturated carbocycles. The summed E-state index contributed by atoms with van der Waals surface area (Å²) in [4.78, 5) is 20.5. The number of nitrogens with two attached hydrogens (primary N) is 1. The lowest BCUT2D eigenvalue weighted by molar-refractivity contribution is 0.100. The van der Waals surface area contributed by atoms with Crippen LogP contribution < -0.4 is 5.73 Å². The van der Waals surface area contributed by atoms with Crippen molar-refractivity contribution < 1.29 is 4.79 Å². The van der Waals surface area contributed by atoms with Gasteiger partial charge >= 0.3 is 0 Å². The van der Waals surface area contributed by atoms with E-state index in [9.17, 15) is 4.79 Å². The third-order valence-corrected chi connectivity index (χ3v) is 6.90. The molecule has 0 spiro atoms. The molecule has 4 heterocycles. The van der Waals surface area contributed by atoms with E-state index in [-0.39, 0.29) is 5.91 Å². The SMILES string of the molecule is Cc1nn(C(C)C)c(C)c1CN1CCC(c2c(C(N)=O)sc3ncccc23)C1. The lowest BCUT2D eigenvalue weighted by Gasteiger charge is -2.17. The fourth-order valence-corrected chi connectivity index (χ4v) is 5.49. The fourth-order valence-electron chi connectivity index (χ4n) is 4.40. The van der Waals surface area contributed by atoms with Crippen molar-refractivity contribution in [3.05, 3.63) is 45.7 Å². The van der Waals surface area contributed by atoms with E-state index in [4.69, 9.17) is 10.8 Å². The monoisotopic (exact) mass is 397 g/mol. The van der Waals surface area contributed by atoms with E-state index in [0.717, 1.165) is 47.5 Å². The van der Waals surface area contributed by atoms with Crippen LogP contribution >= 0.6 is 11.3 Å². The minimum atomic E-state index is -0.346. The first kappa shape index (κ1) is 19.1. The van der Waals surface area contributed by atoms with E-state index in [0.29, 0.717) is 16.8 Å². The molecule has 2 N–H and O–H groups in total. The lowest BCUT2D eigenvalue weighted by Crippen LogP contribution is -2.21. The van der Waals surface area contributed by atoms with Crippen molar-refractivity contribution in [3.63, 3.8) is 0 Å². The number of aryl methyl sites for hydroxylation is 1. The van der Waals surface area contributed by atoms with Gasteiger partial charge in [0.05, 0.1) is 10.6 Å². The molecule has 28 heavy (non-hydrogen) atoms. The summed E-state index contributed by atoms with van der Waals surface area (Å²) in [6.07, 6.45) is 2.80. The Morgan fingerprint density at radius 3 is 2.86 bits per heavy atom. The van der Waals surface area contributed by atoms with Gasteiger partial charge in [-0.1, -0.05) is 6.07 Å². The molecular formula is C21H27N5OS. The molecule has 1 amide bonds. The van der Waals surface area contributed by atoms with Crippen molar-refractivity contribution in [2.24, 2.45) is 5.73 Å². The van der Waals surface area contributed by atoms with Crippen molar-refractivity contribution in [3.8, 4) is 0 Å². The maximum atomic E-state index is 12.1. The van der Waals surface area contributed by atoms with Crippen LogP contribution in [0.4, 0.5) is 0 Å². The number of likely N-dealkylation sites (tertiary alicyclic amines) is 1. The second-order valence-corrected chi connectivity index (χ2v) is 8.97. The summed E-state index contributed by atoms with van der Waals surface area (Å²) in [5, 5.41) is 5.80. The molecule has 148 valence electrons. The largest absolute Gasteiger partial charge is 0.365 e. The molecule has 3 aromatic rings. The van der Waals surface area contributed by atoms with Crippen LogP contribution in [-0.2, 0) is 6.54 Å². The average molecular weight is 398 g/mol. The summed E-state index contributed by atoms with van der Waals surface area (Å²) in [5.41, 5.74) is 10.5. The number of primary amides is 1. The van der Waals surface area contributed by atoms with Gasteiger partial charge in [0.15, 0.2) is 0 Å². The normalized spacial score (nSPS) is 17.8. The van der Waals surface area contributed by atoms with E-state index in [1.807, 2.05) is 6.07 Å². The zero-order valence-electron chi connectivity index (χ0n) is 16.9. The van der Waals surface area contributed by atoms with Crippen molar-refractivity contribution in [2.45, 2.75) is 52.6 Å². The number of amides is 1. The Labute approximate surface area is 169 Å². The summed E-state index contributed by atoms with van der Waals surface area (Å²) in [7, 11) is 0. The number of hydrogen-bond acceptors (Lipinski definition) is 5. The molecule has 1 unspecified atom stereocenters. The van der Waals surface area contributed by atoms with Crippen LogP contribution in [0.1, 0.15) is 64.4 Å². The van der Waals surface area contributed by atoms with Crippen molar-refractivity contribution >= 4 is 27.5 Å². The second kappa shape index (κ2) is 7.29. The molecule has 1 atom stereocenters. The average Bonchev–Trinajstić information content (AvgIpc) is 3.33. The quantitative estimate of drug-likeness (QED) is 0.711. The number of carbonyl (C=O) groups is 1. The number of nitrogens with zero attached hydrogens (tertiary/aromatic N) is 4. The van der Waals surface area contributed by atoms with E-state index in [1.165, 1.54) is 22.6 Å². The fraction of sp³-hybridized carbons (Fsp3) is 0.476. The Morgan fingerprint density at radius 2 is 2.18 bits per heavy atom. The molecule has 0 bridgehead atoms. The van der Waals surface area contributed by atoms with Gasteiger partial charge in [-0.15, -0.1) is 11.3 Å². The molecule has 1 aliphatic rings. The second-order valence-electron chi connectivity index (χ2n) is 7.97. The first-order valence-corrected chi connectivity index (χ1v) is 10.6. The van der Waals surface area contributed by atoms with Gasteiger partial charge in [0.2, 0.25) is 0 Å². The van der Waals surface area contributed by atoms with Gasteiger partial charge in [-0.2, -0.15) is 5.10 Å². The topological polar surface area (TPSA) is 77.0 Å². The molecular weight excluding hydrogens is 370 g/mol. The maximum Gasteiger partial charge on any atom is 0.259 e. The van der Waals surface area contributed by atoms with E-state index in [2.05, 4.69) is 48.3 Å². The highest BCUT2D eigenvalue weighted by molar-refractivity contribution is 7.20. The Kier molecular flexibility index (Phi) is 4.97. The van der Waals surface area contributed by atoms with Gasteiger partial charge in [0, 0.05) is 47.9 Å². The minimum Gasteiger partial charge on any atom is -0.365 e. The summed E-state index contributed by atoms with van der Waals surface area (Å²) < 4.78 is 2.11. The number of aromatic nitrogens is 3. The Hall–Kier alpha value is -2.25. The molecule has 7 heteroatoms. The predicted molar refractivity (Wildman–Crippen MR) is 113 cm³/mol. The Morgan fingerprint density at radius 1 is 1.39 bits per heavy atom. The summed E-state index contributed by atoms with van der Waals surface area (Å²) in [6, 6.07) is 4.36. The van der Waals surface area contributed by atoms with E-state index in [1.54, 1.807) is 6.20 Å². The van der Waals surface area contributed by atoms with Crippen molar-refractivity contribution in [1.29, 1.82) is 0 Å². The zero-order chi connectivity index (χ0) is 20.0. The Bertz CT molecular complexity index is 1040. The predicted octanol–water partition coefficient (Wildman–Crippen LogP) is 3.78. The maximum absolute atomic E-state index is 12.1. The van der Waals surface area contributed by atoms with Crippen LogP contribution in [0.2, 0.25) is 0 Å². The first-order chi connectivity index (χ1) is 13.4. The van der Waals surface area contributed by atoms with E-state index < -0.39 is 0 Å². The van der Waals surface area contributed by atoms with E-state index >= 15 is 0 Å². The number of rotatable bonds is 5. The molecule has 1 saturated heterocycles. The molecule has 0 aliphatic carbocycles. The van der Waals surface area contributed by atoms with Gasteiger partial charge in [0.1, 0.15) is 4.83 Å². The van der Waals surface area contributed by atoms with Gasteiger partial charge < -0.3 is 5.73 Å². The zero-order valence-corrected chi connectivity index (χ0v) is 17.7. The summed E-state index contributed by atoms with van der Waals surface area (Å²) >= 11 is 1.42. The molecule has 4 rings (SSSR count). The number of fused-ring (bicyclic) bond motifs is 1. The van der Waals surface area contributed by atoms with Gasteiger partial charge in [-0.05, 0) is 52.3 Å². The molecule has 6 nitrogen and oxygen atoms in total. The third kappa shape index (κ3) is 3.22.